The third-order valence-electron chi connectivity index (χ3n) is 13.5. The Bertz CT molecular complexity index is 1390. The Morgan fingerprint density at radius 2 is 0.489 bits per heavy atom. The molecule has 0 aliphatic carbocycles. The Morgan fingerprint density at radius 1 is 0.307 bits per heavy atom. The van der Waals surface area contributed by atoms with E-state index in [1.54, 1.807) is 0 Å². The number of likely N-dealkylation sites (N-methyl/N-ethyl adjacent to an activating group) is 7. The lowest BCUT2D eigenvalue weighted by molar-refractivity contribution is -0.893. The zero-order valence-electron chi connectivity index (χ0n) is 59.1. The number of nitrogens with two attached hydrogens (primary N) is 2. The molecule has 0 aliphatic heterocycles. The minimum atomic E-state index is -0.540. The van der Waals surface area contributed by atoms with Gasteiger partial charge in [0.25, 0.3) is 0 Å². The highest BCUT2D eigenvalue weighted by Gasteiger charge is 2.29. The number of hydrogen-bond donors (Lipinski definition) is 9. The van der Waals surface area contributed by atoms with Gasteiger partial charge in [-0.2, -0.15) is 0 Å². The van der Waals surface area contributed by atoms with Crippen LogP contribution in [0.4, 0.5) is 0 Å². The fraction of sp³-hybridized carbons (Fsp3) is 1.00. The molecule has 7 unspecified atom stereocenters. The van der Waals surface area contributed by atoms with Crippen LogP contribution in [0.3, 0.4) is 0 Å². The lowest BCUT2D eigenvalue weighted by Gasteiger charge is -2.37. The lowest BCUT2D eigenvalue weighted by atomic mass is 10.2. The molecule has 0 saturated heterocycles. The first kappa shape index (κ1) is 117. The van der Waals surface area contributed by atoms with Crippen molar-refractivity contribution in [2.24, 2.45) is 11.5 Å². The van der Waals surface area contributed by atoms with Crippen molar-refractivity contribution in [1.82, 2.24) is 14.7 Å². The number of unbranched alkanes of at least 4 members (excludes halogenated alkanes) is 2. The van der Waals surface area contributed by atoms with E-state index in [0.29, 0.717) is 119 Å². The standard InChI is InChI=1S/C40H95N8O5.C8H19ClNO.C6H15ClNO.C5H14N2.CH4.7ClH/c1-16-23-46(10,11)33-38(51)26-41(19-21-42(27-36(49)31-44(4,5)6)29-39(52)34-47(12,13)24-17-2)20-22-43(28-37(50)32-45(7,8)9)30-40(53)35-48(14,15)25-18-3;1-4-5-10(2,3)7-8(11)6-9;1-8(2,3)5-6(9)4-7;6-4-2-1-3-5-7;;;;;;;;/h36-40,49-53H,16-35H2,1-15H3;8,11H,4-7H2,1-3H3;6,9H,4-5H2,1-3H3;1-7H2;1H4;7*1H/q+5;2*+1;;;;;;;;;/p-7. The molecule has 7 atom stereocenters. The average Bonchev–Trinajstić information content (AvgIpc) is 3.25. The van der Waals surface area contributed by atoms with Crippen LogP contribution in [-0.2, 0) is 0 Å². The maximum Gasteiger partial charge on any atom is 0.116 e. The molecule has 0 aromatic rings. The number of hydrogen-bond acceptors (Lipinski definition) is 12. The normalized spacial score (nSPS) is 14.4. The molecule has 28 heteroatoms. The van der Waals surface area contributed by atoms with Gasteiger partial charge in [-0.05, 0) is 51.6 Å². The summed E-state index contributed by atoms with van der Waals surface area (Å²) in [5, 5.41) is 74.7. The Labute approximate surface area is 597 Å². The Balaban J connectivity index is -0.000000136. The van der Waals surface area contributed by atoms with Crippen molar-refractivity contribution < 1.29 is 154 Å². The molecule has 0 radical (unpaired) electrons. The van der Waals surface area contributed by atoms with Gasteiger partial charge >= 0.3 is 0 Å². The molecule has 0 spiro atoms. The second kappa shape index (κ2) is 62.4. The Kier molecular flexibility index (Phi) is 83.0. The summed E-state index contributed by atoms with van der Waals surface area (Å²) in [7, 11) is 35.8. The van der Waals surface area contributed by atoms with Crippen LogP contribution in [0.2, 0.25) is 0 Å². The topological polar surface area (TPSA) is 203 Å². The predicted molar refractivity (Wildman–Crippen MR) is 349 cm³/mol. The van der Waals surface area contributed by atoms with E-state index in [1.165, 1.54) is 6.42 Å². The van der Waals surface area contributed by atoms with Gasteiger partial charge in [0, 0.05) is 58.9 Å². The molecule has 0 aromatic carbocycles. The Morgan fingerprint density at radius 3 is 0.682 bits per heavy atom. The van der Waals surface area contributed by atoms with Crippen LogP contribution >= 0.6 is 23.2 Å². The first-order chi connectivity index (χ1) is 36.5. The van der Waals surface area contributed by atoms with Gasteiger partial charge in [0.1, 0.15) is 88.5 Å². The van der Waals surface area contributed by atoms with E-state index in [9.17, 15) is 30.6 Å². The van der Waals surface area contributed by atoms with Gasteiger partial charge in [-0.1, -0.05) is 41.5 Å². The van der Waals surface area contributed by atoms with Crippen LogP contribution in [-0.4, -0.2) is 400 Å². The minimum Gasteiger partial charge on any atom is -1.00 e. The molecule has 552 valence electrons. The first-order valence-electron chi connectivity index (χ1n) is 30.6. The number of halogens is 9. The van der Waals surface area contributed by atoms with E-state index in [-0.39, 0.29) is 106 Å². The summed E-state index contributed by atoms with van der Waals surface area (Å²) in [6, 6.07) is 0. The van der Waals surface area contributed by atoms with E-state index in [4.69, 9.17) is 39.8 Å². The first-order valence-corrected chi connectivity index (χ1v) is 31.7. The zero-order chi connectivity index (χ0) is 63.2. The zero-order valence-corrected chi connectivity index (χ0v) is 65.9. The van der Waals surface area contributed by atoms with Crippen LogP contribution in [0, 0.1) is 0 Å². The maximum atomic E-state index is 11.5. The summed E-state index contributed by atoms with van der Waals surface area (Å²) in [6.07, 6.45) is 4.31. The average molecular weight is 1470 g/mol. The number of aliphatic hydroxyl groups excluding tert-OH is 7. The molecule has 19 nitrogen and oxygen atoms in total. The summed E-state index contributed by atoms with van der Waals surface area (Å²) in [5.74, 6) is 0.668. The summed E-state index contributed by atoms with van der Waals surface area (Å²) in [5.41, 5.74) is 10.5. The van der Waals surface area contributed by atoms with E-state index in [0.717, 1.165) is 107 Å². The van der Waals surface area contributed by atoms with Crippen molar-refractivity contribution in [1.29, 1.82) is 0 Å². The van der Waals surface area contributed by atoms with E-state index in [2.05, 4.69) is 141 Å². The van der Waals surface area contributed by atoms with Crippen molar-refractivity contribution >= 4 is 23.2 Å². The van der Waals surface area contributed by atoms with Gasteiger partial charge in [0.05, 0.1) is 158 Å². The highest BCUT2D eigenvalue weighted by Crippen LogP contribution is 2.11. The van der Waals surface area contributed by atoms with Gasteiger partial charge in [0.2, 0.25) is 0 Å². The van der Waals surface area contributed by atoms with Crippen LogP contribution in [0.1, 0.15) is 80.1 Å². The molecule has 0 fully saturated rings. The number of alkyl halides is 2. The van der Waals surface area contributed by atoms with Crippen LogP contribution in [0.25, 0.3) is 0 Å². The number of rotatable bonds is 44. The molecule has 0 saturated carbocycles. The SMILES string of the molecule is C.CCC[N+](C)(C)CC(O)CCl.CCC[N+](C)(C)CC(O)CN(CCN(CC(O)C[N+](C)(C)C)CC(O)C[N+](C)(C)CCC)CCN(CC(O)C[N+](C)(C)C)CC(O)C[N+](C)(C)CCC.C[N+](C)(C)CC(O)CCl.NCCCCCN.[Cl-].[Cl-].[Cl-].[Cl-].[Cl-].[Cl-].[Cl-]. The molecule has 0 bridgehead atoms. The summed E-state index contributed by atoms with van der Waals surface area (Å²) < 4.78 is 5.14. The van der Waals surface area contributed by atoms with E-state index >= 15 is 0 Å². The van der Waals surface area contributed by atoms with Crippen LogP contribution < -0.4 is 98.3 Å². The minimum absolute atomic E-state index is 0. The van der Waals surface area contributed by atoms with Crippen molar-refractivity contribution in [2.45, 2.75) is 123 Å². The summed E-state index contributed by atoms with van der Waals surface area (Å²) in [4.78, 5) is 6.71. The quantitative estimate of drug-likeness (QED) is 0.0159. The van der Waals surface area contributed by atoms with Crippen LogP contribution in [0.5, 0.6) is 0 Å². The van der Waals surface area contributed by atoms with Crippen molar-refractivity contribution in [2.75, 3.05) is 276 Å². The van der Waals surface area contributed by atoms with Gasteiger partial charge < -0.3 is 165 Å². The molecule has 11 N–H and O–H groups in total. The fourth-order valence-electron chi connectivity index (χ4n) is 10.7. The highest BCUT2D eigenvalue weighted by molar-refractivity contribution is 6.18. The Hall–Kier alpha value is 1.85. The van der Waals surface area contributed by atoms with Gasteiger partial charge in [0.15, 0.2) is 0 Å². The second-order valence-electron chi connectivity index (χ2n) is 29.1. The lowest BCUT2D eigenvalue weighted by Crippen LogP contribution is -3.00. The van der Waals surface area contributed by atoms with Crippen LogP contribution in [0.15, 0.2) is 0 Å². The third kappa shape index (κ3) is 80.3. The summed E-state index contributed by atoms with van der Waals surface area (Å²) in [6.45, 7) is 23.9. The van der Waals surface area contributed by atoms with Crippen molar-refractivity contribution in [3.63, 3.8) is 0 Å². The molecule has 0 rings (SSSR count). The maximum absolute atomic E-state index is 11.5. The van der Waals surface area contributed by atoms with Crippen molar-refractivity contribution in [3.8, 4) is 0 Å². The summed E-state index contributed by atoms with van der Waals surface area (Å²) >= 11 is 10.9. The van der Waals surface area contributed by atoms with E-state index in [1.807, 2.05) is 21.1 Å². The van der Waals surface area contributed by atoms with E-state index < -0.39 is 30.5 Å². The van der Waals surface area contributed by atoms with Gasteiger partial charge in [-0.15, -0.1) is 23.2 Å². The number of quaternary nitrogens is 7. The molecule has 0 amide bonds. The smallest absolute Gasteiger partial charge is 0.116 e. The monoisotopic (exact) mass is 1460 g/mol. The molecular weight excluding hydrogens is 1320 g/mol. The number of aliphatic hydroxyl groups is 7. The largest absolute Gasteiger partial charge is 1.00 e. The molecule has 88 heavy (non-hydrogen) atoms. The molecule has 0 aliphatic rings. The molecular formula is C60H147Cl9N12O7. The van der Waals surface area contributed by atoms with Gasteiger partial charge in [-0.3, -0.25) is 14.7 Å². The third-order valence-corrected chi connectivity index (χ3v) is 14.2. The van der Waals surface area contributed by atoms with Crippen molar-refractivity contribution in [3.05, 3.63) is 0 Å². The molecule has 0 aromatic heterocycles. The highest BCUT2D eigenvalue weighted by atomic mass is 35.5. The fourth-order valence-corrected chi connectivity index (χ4v) is 10.9. The number of nitrogens with zero attached hydrogens (tertiary/aromatic N) is 10. The second-order valence-corrected chi connectivity index (χ2v) is 29.7. The predicted octanol–water partition coefficient (Wildman–Crippen LogP) is -19.3. The van der Waals surface area contributed by atoms with Gasteiger partial charge in [-0.25, -0.2) is 0 Å². The molecule has 0 heterocycles.